The number of rotatable bonds is 4. The zero-order valence-electron chi connectivity index (χ0n) is 17.5. The number of aromatic nitrogens is 2. The summed E-state index contributed by atoms with van der Waals surface area (Å²) in [5.74, 6) is -1.98. The maximum Gasteiger partial charge on any atom is 0.282 e. The van der Waals surface area contributed by atoms with Gasteiger partial charge in [0.25, 0.3) is 17.4 Å². The predicted molar refractivity (Wildman–Crippen MR) is 118 cm³/mol. The molecular formula is C24H21FN4O3. The molecule has 2 aliphatic heterocycles. The van der Waals surface area contributed by atoms with Crippen molar-refractivity contribution >= 4 is 23.1 Å². The molecule has 7 nitrogen and oxygen atoms in total. The van der Waals surface area contributed by atoms with Crippen molar-refractivity contribution in [3.8, 4) is 5.69 Å². The molecule has 0 bridgehead atoms. The zero-order chi connectivity index (χ0) is 22.4. The molecule has 0 spiro atoms. The summed E-state index contributed by atoms with van der Waals surface area (Å²) in [6.07, 6.45) is 1.75. The summed E-state index contributed by atoms with van der Waals surface area (Å²) < 4.78 is 15.9. The van der Waals surface area contributed by atoms with Crippen LogP contribution >= 0.6 is 0 Å². The molecule has 2 aliphatic rings. The van der Waals surface area contributed by atoms with Crippen LogP contribution in [0.2, 0.25) is 0 Å². The molecular weight excluding hydrogens is 411 g/mol. The van der Waals surface area contributed by atoms with Gasteiger partial charge in [0, 0.05) is 18.8 Å². The van der Waals surface area contributed by atoms with Crippen LogP contribution in [0.1, 0.15) is 24.1 Å². The minimum absolute atomic E-state index is 0.0218. The number of aromatic amines is 1. The summed E-state index contributed by atoms with van der Waals surface area (Å²) in [6, 6.07) is 14.6. The highest BCUT2D eigenvalue weighted by atomic mass is 19.1. The fourth-order valence-electron chi connectivity index (χ4n) is 4.43. The standard InChI is InChI=1S/C24H21FN4O3/c1-15-19(23(31)29(26-15)16-9-3-2-4-10-16)20-21(27-13-7-8-14-27)24(32)28(22(20)30)18-12-6-5-11-17(18)25/h2-6,9-12,26H,7-8,13-14H2,1H3. The summed E-state index contributed by atoms with van der Waals surface area (Å²) in [4.78, 5) is 43.1. The molecule has 1 saturated heterocycles. The largest absolute Gasteiger partial charge is 0.366 e. The fraction of sp³-hybridized carbons (Fsp3) is 0.208. The lowest BCUT2D eigenvalue weighted by atomic mass is 10.0. The van der Waals surface area contributed by atoms with Crippen LogP contribution in [0.3, 0.4) is 0 Å². The number of nitrogens with zero attached hydrogens (tertiary/aromatic N) is 3. The highest BCUT2D eigenvalue weighted by Gasteiger charge is 2.45. The van der Waals surface area contributed by atoms with E-state index in [2.05, 4.69) is 5.10 Å². The van der Waals surface area contributed by atoms with Gasteiger partial charge in [-0.1, -0.05) is 30.3 Å². The molecule has 0 unspecified atom stereocenters. The summed E-state index contributed by atoms with van der Waals surface area (Å²) in [6.45, 7) is 2.88. The first-order valence-electron chi connectivity index (χ1n) is 10.5. The van der Waals surface area contributed by atoms with Crippen LogP contribution in [0.15, 0.2) is 65.1 Å². The first-order valence-corrected chi connectivity index (χ1v) is 10.5. The molecule has 2 aromatic carbocycles. The van der Waals surface area contributed by atoms with E-state index in [0.717, 1.165) is 17.7 Å². The fourth-order valence-corrected chi connectivity index (χ4v) is 4.43. The van der Waals surface area contributed by atoms with Gasteiger partial charge in [-0.3, -0.25) is 19.5 Å². The SMILES string of the molecule is Cc1[nH]n(-c2ccccc2)c(=O)c1C1=C(N2CCCC2)C(=O)N(c2ccccc2F)C1=O. The molecule has 0 saturated carbocycles. The second-order valence-corrected chi connectivity index (χ2v) is 7.90. The molecule has 1 aromatic heterocycles. The monoisotopic (exact) mass is 432 g/mol. The van der Waals surface area contributed by atoms with Gasteiger partial charge < -0.3 is 4.90 Å². The highest BCUT2D eigenvalue weighted by molar-refractivity contribution is 6.45. The Morgan fingerprint density at radius 1 is 0.875 bits per heavy atom. The average Bonchev–Trinajstić information content (AvgIpc) is 3.47. The second kappa shape index (κ2) is 7.64. The molecule has 5 rings (SSSR count). The Labute approximate surface area is 183 Å². The van der Waals surface area contributed by atoms with Crippen LogP contribution in [0, 0.1) is 12.7 Å². The molecule has 3 aromatic rings. The third-order valence-electron chi connectivity index (χ3n) is 5.91. The van der Waals surface area contributed by atoms with E-state index in [1.165, 1.54) is 22.9 Å². The third-order valence-corrected chi connectivity index (χ3v) is 5.91. The van der Waals surface area contributed by atoms with Crippen LogP contribution < -0.4 is 10.5 Å². The Hall–Kier alpha value is -3.94. The van der Waals surface area contributed by atoms with Crippen molar-refractivity contribution in [1.29, 1.82) is 0 Å². The number of likely N-dealkylation sites (tertiary alicyclic amines) is 1. The zero-order valence-corrected chi connectivity index (χ0v) is 17.5. The van der Waals surface area contributed by atoms with E-state index in [1.807, 2.05) is 11.0 Å². The van der Waals surface area contributed by atoms with Crippen LogP contribution in [-0.2, 0) is 9.59 Å². The highest BCUT2D eigenvalue weighted by Crippen LogP contribution is 2.36. The van der Waals surface area contributed by atoms with Gasteiger partial charge in [0.05, 0.1) is 22.5 Å². The molecule has 2 amide bonds. The first-order chi connectivity index (χ1) is 15.5. The van der Waals surface area contributed by atoms with Crippen LogP contribution in [0.5, 0.6) is 0 Å². The third kappa shape index (κ3) is 2.98. The van der Waals surface area contributed by atoms with Crippen molar-refractivity contribution in [3.63, 3.8) is 0 Å². The second-order valence-electron chi connectivity index (χ2n) is 7.90. The Kier molecular flexibility index (Phi) is 4.77. The molecule has 1 fully saturated rings. The van der Waals surface area contributed by atoms with Crippen LogP contribution in [-0.4, -0.2) is 39.6 Å². The lowest BCUT2D eigenvalue weighted by Gasteiger charge is -2.20. The number of anilines is 1. The van der Waals surface area contributed by atoms with E-state index in [9.17, 15) is 18.8 Å². The van der Waals surface area contributed by atoms with Gasteiger partial charge >= 0.3 is 0 Å². The molecule has 3 heterocycles. The summed E-state index contributed by atoms with van der Waals surface area (Å²) in [7, 11) is 0. The van der Waals surface area contributed by atoms with E-state index < -0.39 is 23.2 Å². The normalized spacial score (nSPS) is 16.6. The minimum atomic E-state index is -0.693. The van der Waals surface area contributed by atoms with Gasteiger partial charge in [0.2, 0.25) is 0 Å². The van der Waals surface area contributed by atoms with E-state index in [-0.39, 0.29) is 22.5 Å². The number of nitrogens with one attached hydrogen (secondary N) is 1. The minimum Gasteiger partial charge on any atom is -0.366 e. The van der Waals surface area contributed by atoms with Crippen molar-refractivity contribution in [2.75, 3.05) is 18.0 Å². The smallest absolute Gasteiger partial charge is 0.282 e. The van der Waals surface area contributed by atoms with Gasteiger partial charge in [-0.15, -0.1) is 0 Å². The Balaban J connectivity index is 1.71. The van der Waals surface area contributed by atoms with E-state index in [0.29, 0.717) is 24.5 Å². The number of aryl methyl sites for hydroxylation is 1. The Morgan fingerprint density at radius 3 is 2.22 bits per heavy atom. The number of carbonyl (C=O) groups is 2. The average molecular weight is 432 g/mol. The number of halogens is 1. The number of carbonyl (C=O) groups excluding carboxylic acids is 2. The molecule has 8 heteroatoms. The molecule has 0 atom stereocenters. The predicted octanol–water partition coefficient (Wildman–Crippen LogP) is 2.99. The molecule has 0 aliphatic carbocycles. The van der Waals surface area contributed by atoms with Gasteiger partial charge in [0.15, 0.2) is 0 Å². The lowest BCUT2D eigenvalue weighted by Crippen LogP contribution is -2.35. The van der Waals surface area contributed by atoms with Gasteiger partial charge in [-0.05, 0) is 44.0 Å². The number of para-hydroxylation sites is 2. The van der Waals surface area contributed by atoms with Crippen molar-refractivity contribution in [3.05, 3.63) is 87.7 Å². The maximum atomic E-state index is 14.6. The molecule has 162 valence electrons. The van der Waals surface area contributed by atoms with E-state index in [4.69, 9.17) is 0 Å². The van der Waals surface area contributed by atoms with Crippen molar-refractivity contribution in [2.24, 2.45) is 0 Å². The molecule has 32 heavy (non-hydrogen) atoms. The number of hydrogen-bond donors (Lipinski definition) is 1. The topological polar surface area (TPSA) is 78.4 Å². The van der Waals surface area contributed by atoms with Crippen molar-refractivity contribution in [2.45, 2.75) is 19.8 Å². The Morgan fingerprint density at radius 2 is 1.53 bits per heavy atom. The van der Waals surface area contributed by atoms with Gasteiger partial charge in [-0.25, -0.2) is 14.0 Å². The summed E-state index contributed by atoms with van der Waals surface area (Å²) in [5.41, 5.74) is 0.833. The quantitative estimate of drug-likeness (QED) is 0.643. The lowest BCUT2D eigenvalue weighted by molar-refractivity contribution is -0.120. The molecule has 0 radical (unpaired) electrons. The Bertz CT molecular complexity index is 1320. The number of benzene rings is 2. The summed E-state index contributed by atoms with van der Waals surface area (Å²) >= 11 is 0. The maximum absolute atomic E-state index is 14.6. The van der Waals surface area contributed by atoms with E-state index >= 15 is 0 Å². The molecule has 1 N–H and O–H groups in total. The summed E-state index contributed by atoms with van der Waals surface area (Å²) in [5, 5.41) is 3.01. The van der Waals surface area contributed by atoms with Crippen molar-refractivity contribution < 1.29 is 14.0 Å². The van der Waals surface area contributed by atoms with E-state index in [1.54, 1.807) is 37.3 Å². The number of imide groups is 1. The van der Waals surface area contributed by atoms with Crippen LogP contribution in [0.25, 0.3) is 11.3 Å². The van der Waals surface area contributed by atoms with Gasteiger partial charge in [0.1, 0.15) is 11.5 Å². The first kappa shape index (κ1) is 20.0. The number of amides is 2. The number of H-pyrrole nitrogens is 1. The van der Waals surface area contributed by atoms with Crippen molar-refractivity contribution in [1.82, 2.24) is 14.7 Å². The number of hydrogen-bond acceptors (Lipinski definition) is 4. The van der Waals surface area contributed by atoms with Gasteiger partial charge in [-0.2, -0.15) is 0 Å². The van der Waals surface area contributed by atoms with Crippen LogP contribution in [0.4, 0.5) is 10.1 Å².